The molecule has 0 aromatic carbocycles. The van der Waals surface area contributed by atoms with Crippen molar-refractivity contribution in [3.05, 3.63) is 41.9 Å². The maximum Gasteiger partial charge on any atom is 0.224 e. The molecule has 0 saturated heterocycles. The molecule has 1 atom stereocenters. The molecule has 0 saturated carbocycles. The van der Waals surface area contributed by atoms with Gasteiger partial charge in [-0.3, -0.25) is 4.98 Å². The zero-order valence-electron chi connectivity index (χ0n) is 10.8. The summed E-state index contributed by atoms with van der Waals surface area (Å²) in [6.45, 7) is 4.04. The molecule has 0 bridgehead atoms. The smallest absolute Gasteiger partial charge is 0.224 e. The molecule has 0 radical (unpaired) electrons. The van der Waals surface area contributed by atoms with Crippen LogP contribution in [0.1, 0.15) is 24.2 Å². The number of nitrogens with zero attached hydrogens (tertiary/aromatic N) is 3. The van der Waals surface area contributed by atoms with E-state index in [0.717, 1.165) is 11.5 Å². The van der Waals surface area contributed by atoms with Crippen LogP contribution in [0, 0.1) is 6.92 Å². The Balaban J connectivity index is 2.16. The first-order valence-corrected chi connectivity index (χ1v) is 5.89. The number of pyridine rings is 1. The summed E-state index contributed by atoms with van der Waals surface area (Å²) >= 11 is 0. The normalized spacial score (nSPS) is 11.9. The average Bonchev–Trinajstić information content (AvgIpc) is 2.39. The number of anilines is 2. The summed E-state index contributed by atoms with van der Waals surface area (Å²) < 4.78 is 0. The van der Waals surface area contributed by atoms with Gasteiger partial charge in [-0.05, 0) is 31.5 Å². The maximum atomic E-state index is 4.37. The van der Waals surface area contributed by atoms with Gasteiger partial charge in [0.15, 0.2) is 0 Å². The second-order valence-electron chi connectivity index (χ2n) is 4.11. The van der Waals surface area contributed by atoms with Crippen LogP contribution in [-0.2, 0) is 0 Å². The number of aryl methyl sites for hydroxylation is 1. The minimum Gasteiger partial charge on any atom is -0.363 e. The fourth-order valence-corrected chi connectivity index (χ4v) is 1.71. The number of nitrogens with one attached hydrogen (secondary N) is 2. The summed E-state index contributed by atoms with van der Waals surface area (Å²) in [5.41, 5.74) is 2.10. The maximum absolute atomic E-state index is 4.37. The second-order valence-corrected chi connectivity index (χ2v) is 4.11. The summed E-state index contributed by atoms with van der Waals surface area (Å²) in [6.07, 6.45) is 3.58. The van der Waals surface area contributed by atoms with Crippen molar-refractivity contribution < 1.29 is 0 Å². The van der Waals surface area contributed by atoms with Crippen LogP contribution in [0.4, 0.5) is 11.8 Å². The van der Waals surface area contributed by atoms with E-state index in [4.69, 9.17) is 0 Å². The molecule has 0 amide bonds. The highest BCUT2D eigenvalue weighted by atomic mass is 15.1. The lowest BCUT2D eigenvalue weighted by Gasteiger charge is -2.15. The lowest BCUT2D eigenvalue weighted by molar-refractivity contribution is 0.867. The molecule has 18 heavy (non-hydrogen) atoms. The van der Waals surface area contributed by atoms with E-state index >= 15 is 0 Å². The van der Waals surface area contributed by atoms with Crippen molar-refractivity contribution in [3.8, 4) is 0 Å². The van der Waals surface area contributed by atoms with Crippen LogP contribution < -0.4 is 10.6 Å². The van der Waals surface area contributed by atoms with Crippen molar-refractivity contribution in [2.45, 2.75) is 19.9 Å². The Bertz CT molecular complexity index is 512. The van der Waals surface area contributed by atoms with Gasteiger partial charge in [0, 0.05) is 31.2 Å². The summed E-state index contributed by atoms with van der Waals surface area (Å²) in [4.78, 5) is 12.6. The van der Waals surface area contributed by atoms with Gasteiger partial charge in [-0.25, -0.2) is 4.98 Å². The molecular formula is C13H17N5. The van der Waals surface area contributed by atoms with E-state index in [1.807, 2.05) is 32.2 Å². The monoisotopic (exact) mass is 243 g/mol. The molecule has 5 nitrogen and oxygen atoms in total. The molecule has 5 heteroatoms. The van der Waals surface area contributed by atoms with E-state index in [1.54, 1.807) is 12.4 Å². The molecule has 2 aromatic heterocycles. The molecule has 0 spiro atoms. The van der Waals surface area contributed by atoms with Gasteiger partial charge in [0.25, 0.3) is 0 Å². The van der Waals surface area contributed by atoms with E-state index in [-0.39, 0.29) is 6.04 Å². The number of aromatic nitrogens is 3. The first kappa shape index (κ1) is 12.3. The predicted octanol–water partition coefficient (Wildman–Crippen LogP) is 2.39. The van der Waals surface area contributed by atoms with Gasteiger partial charge in [-0.1, -0.05) is 0 Å². The molecular weight excluding hydrogens is 226 g/mol. The molecule has 0 aliphatic heterocycles. The zero-order valence-corrected chi connectivity index (χ0v) is 10.8. The number of rotatable bonds is 4. The van der Waals surface area contributed by atoms with Gasteiger partial charge in [0.1, 0.15) is 5.82 Å². The van der Waals surface area contributed by atoms with E-state index < -0.39 is 0 Å². The van der Waals surface area contributed by atoms with Gasteiger partial charge in [-0.15, -0.1) is 0 Å². The van der Waals surface area contributed by atoms with Crippen molar-refractivity contribution >= 4 is 11.8 Å². The van der Waals surface area contributed by atoms with Crippen molar-refractivity contribution in [1.82, 2.24) is 15.0 Å². The molecule has 94 valence electrons. The summed E-state index contributed by atoms with van der Waals surface area (Å²) in [6, 6.07) is 6.08. The Morgan fingerprint density at radius 2 is 1.89 bits per heavy atom. The third-order valence-electron chi connectivity index (χ3n) is 2.65. The predicted molar refractivity (Wildman–Crippen MR) is 72.6 cm³/mol. The van der Waals surface area contributed by atoms with Crippen LogP contribution in [0.3, 0.4) is 0 Å². The first-order chi connectivity index (χ1) is 8.69. The SMILES string of the molecule is CNc1nc(C)cc(NC(C)c2ccncc2)n1. The molecule has 1 unspecified atom stereocenters. The Kier molecular flexibility index (Phi) is 3.72. The van der Waals surface area contributed by atoms with Gasteiger partial charge >= 0.3 is 0 Å². The van der Waals surface area contributed by atoms with Gasteiger partial charge in [0.05, 0.1) is 6.04 Å². The first-order valence-electron chi connectivity index (χ1n) is 5.89. The summed E-state index contributed by atoms with van der Waals surface area (Å²) in [7, 11) is 1.81. The zero-order chi connectivity index (χ0) is 13.0. The van der Waals surface area contributed by atoms with Gasteiger partial charge in [0.2, 0.25) is 5.95 Å². The molecule has 2 rings (SSSR count). The third kappa shape index (κ3) is 2.94. The Labute approximate surface area is 107 Å². The van der Waals surface area contributed by atoms with Crippen molar-refractivity contribution in [2.24, 2.45) is 0 Å². The van der Waals surface area contributed by atoms with E-state index in [9.17, 15) is 0 Å². The van der Waals surface area contributed by atoms with Crippen molar-refractivity contribution in [3.63, 3.8) is 0 Å². The number of hydrogen-bond acceptors (Lipinski definition) is 5. The number of hydrogen-bond donors (Lipinski definition) is 2. The van der Waals surface area contributed by atoms with Gasteiger partial charge < -0.3 is 10.6 Å². The van der Waals surface area contributed by atoms with E-state index in [2.05, 4.69) is 32.5 Å². The largest absolute Gasteiger partial charge is 0.363 e. The highest BCUT2D eigenvalue weighted by Crippen LogP contribution is 2.18. The molecule has 2 heterocycles. The Morgan fingerprint density at radius 1 is 1.17 bits per heavy atom. The fraction of sp³-hybridized carbons (Fsp3) is 0.308. The summed E-state index contributed by atoms with van der Waals surface area (Å²) in [5, 5.41) is 6.30. The van der Waals surface area contributed by atoms with Crippen LogP contribution >= 0.6 is 0 Å². The van der Waals surface area contributed by atoms with Crippen LogP contribution in [0.5, 0.6) is 0 Å². The van der Waals surface area contributed by atoms with Crippen LogP contribution in [0.25, 0.3) is 0 Å². The van der Waals surface area contributed by atoms with Crippen LogP contribution in [-0.4, -0.2) is 22.0 Å². The Morgan fingerprint density at radius 3 is 2.56 bits per heavy atom. The minimum absolute atomic E-state index is 0.173. The molecule has 2 N–H and O–H groups in total. The average molecular weight is 243 g/mol. The lowest BCUT2D eigenvalue weighted by atomic mass is 10.1. The van der Waals surface area contributed by atoms with E-state index in [0.29, 0.717) is 5.95 Å². The highest BCUT2D eigenvalue weighted by Gasteiger charge is 2.07. The summed E-state index contributed by atoms with van der Waals surface area (Å²) in [5.74, 6) is 1.44. The molecule has 0 aliphatic carbocycles. The Hall–Kier alpha value is -2.17. The van der Waals surface area contributed by atoms with Crippen molar-refractivity contribution in [2.75, 3.05) is 17.7 Å². The third-order valence-corrected chi connectivity index (χ3v) is 2.65. The second kappa shape index (κ2) is 5.44. The minimum atomic E-state index is 0.173. The van der Waals surface area contributed by atoms with Crippen LogP contribution in [0.2, 0.25) is 0 Å². The highest BCUT2D eigenvalue weighted by molar-refractivity contribution is 5.43. The molecule has 0 aliphatic rings. The van der Waals surface area contributed by atoms with Crippen LogP contribution in [0.15, 0.2) is 30.6 Å². The lowest BCUT2D eigenvalue weighted by Crippen LogP contribution is -2.10. The molecule has 0 fully saturated rings. The van der Waals surface area contributed by atoms with Gasteiger partial charge in [-0.2, -0.15) is 4.98 Å². The fourth-order valence-electron chi connectivity index (χ4n) is 1.71. The molecule has 2 aromatic rings. The van der Waals surface area contributed by atoms with E-state index in [1.165, 1.54) is 5.56 Å². The topological polar surface area (TPSA) is 62.7 Å². The quantitative estimate of drug-likeness (QED) is 0.863. The van der Waals surface area contributed by atoms with Crippen molar-refractivity contribution in [1.29, 1.82) is 0 Å². The standard InChI is InChI=1S/C13H17N5/c1-9-8-12(18-13(14-3)16-9)17-10(2)11-4-6-15-7-5-11/h4-8,10H,1-3H3,(H2,14,16,17,18).